The Labute approximate surface area is 136 Å². The van der Waals surface area contributed by atoms with Gasteiger partial charge in [-0.05, 0) is 11.6 Å². The lowest BCUT2D eigenvalue weighted by Crippen LogP contribution is -3.14. The van der Waals surface area contributed by atoms with Crippen molar-refractivity contribution in [2.45, 2.75) is 0 Å². The first-order valence-corrected chi connectivity index (χ1v) is 7.93. The zero-order chi connectivity index (χ0) is 15.9. The number of nitrogens with one attached hydrogen (secondary N) is 1. The van der Waals surface area contributed by atoms with Crippen LogP contribution in [0.4, 0.5) is 0 Å². The molecular formula is C18H21N4O+. The van der Waals surface area contributed by atoms with Gasteiger partial charge in [0.2, 0.25) is 0 Å². The average Bonchev–Trinajstić information content (AvgIpc) is 2.63. The summed E-state index contributed by atoms with van der Waals surface area (Å²) in [4.78, 5) is 23.7. The van der Waals surface area contributed by atoms with Crippen molar-refractivity contribution in [3.05, 3.63) is 66.3 Å². The molecule has 118 valence electrons. The largest absolute Gasteiger partial charge is 0.329 e. The van der Waals surface area contributed by atoms with E-state index >= 15 is 0 Å². The van der Waals surface area contributed by atoms with Gasteiger partial charge in [0.15, 0.2) is 0 Å². The Bertz CT molecular complexity index is 649. The normalized spacial score (nSPS) is 15.9. The van der Waals surface area contributed by atoms with Crippen molar-refractivity contribution in [2.24, 2.45) is 0 Å². The Morgan fingerprint density at radius 2 is 1.96 bits per heavy atom. The number of nitrogens with zero attached hydrogens (tertiary/aromatic N) is 3. The number of piperazine rings is 1. The van der Waals surface area contributed by atoms with E-state index in [-0.39, 0.29) is 5.91 Å². The second-order valence-electron chi connectivity index (χ2n) is 5.65. The zero-order valence-corrected chi connectivity index (χ0v) is 13.1. The predicted octanol–water partition coefficient (Wildman–Crippen LogP) is 0.531. The second kappa shape index (κ2) is 7.65. The number of quaternary nitrogens is 1. The van der Waals surface area contributed by atoms with Gasteiger partial charge >= 0.3 is 0 Å². The highest BCUT2D eigenvalue weighted by molar-refractivity contribution is 5.91. The van der Waals surface area contributed by atoms with Crippen molar-refractivity contribution in [3.63, 3.8) is 0 Å². The summed E-state index contributed by atoms with van der Waals surface area (Å²) in [5, 5.41) is 0. The number of rotatable bonds is 4. The minimum Gasteiger partial charge on any atom is -0.329 e. The standard InChI is InChI=1S/C18H20N4O/c23-18(17-15-19-8-9-20-17)22-13-11-21(12-14-22)10-4-7-16-5-2-1-3-6-16/h1-9,15H,10-14H2/p+1/b7-4+. The Kier molecular flexibility index (Phi) is 5.11. The van der Waals surface area contributed by atoms with Gasteiger partial charge in [-0.25, -0.2) is 4.98 Å². The molecule has 1 aliphatic heterocycles. The summed E-state index contributed by atoms with van der Waals surface area (Å²) in [6.07, 6.45) is 9.04. The summed E-state index contributed by atoms with van der Waals surface area (Å²) >= 11 is 0. The molecule has 0 bridgehead atoms. The second-order valence-corrected chi connectivity index (χ2v) is 5.65. The van der Waals surface area contributed by atoms with Gasteiger partial charge in [0, 0.05) is 12.4 Å². The highest BCUT2D eigenvalue weighted by Crippen LogP contribution is 2.01. The Morgan fingerprint density at radius 3 is 2.65 bits per heavy atom. The van der Waals surface area contributed by atoms with Crippen LogP contribution in [0.15, 0.2) is 55.0 Å². The number of aromatic nitrogens is 2. The van der Waals surface area contributed by atoms with Crippen molar-refractivity contribution in [2.75, 3.05) is 32.7 Å². The summed E-state index contributed by atoms with van der Waals surface area (Å²) in [6.45, 7) is 4.45. The van der Waals surface area contributed by atoms with Crippen molar-refractivity contribution in [1.82, 2.24) is 14.9 Å². The maximum Gasteiger partial charge on any atom is 0.274 e. The fourth-order valence-corrected chi connectivity index (χ4v) is 2.73. The minimum absolute atomic E-state index is 0.0167. The van der Waals surface area contributed by atoms with Crippen molar-refractivity contribution >= 4 is 12.0 Å². The Hall–Kier alpha value is -2.53. The van der Waals surface area contributed by atoms with E-state index in [4.69, 9.17) is 0 Å². The van der Waals surface area contributed by atoms with E-state index in [9.17, 15) is 4.79 Å². The molecule has 1 N–H and O–H groups in total. The SMILES string of the molecule is O=C(c1cnccn1)N1CC[NH+](C/C=C/c2ccccc2)CC1. The number of carbonyl (C=O) groups excluding carboxylic acids is 1. The summed E-state index contributed by atoms with van der Waals surface area (Å²) in [5.41, 5.74) is 1.66. The summed E-state index contributed by atoms with van der Waals surface area (Å²) in [5.74, 6) is -0.0167. The van der Waals surface area contributed by atoms with Crippen LogP contribution in [-0.4, -0.2) is 53.5 Å². The van der Waals surface area contributed by atoms with Crippen molar-refractivity contribution in [3.8, 4) is 0 Å². The van der Waals surface area contributed by atoms with Crippen LogP contribution in [0.5, 0.6) is 0 Å². The molecule has 2 heterocycles. The number of amides is 1. The summed E-state index contributed by atoms with van der Waals surface area (Å²) < 4.78 is 0. The van der Waals surface area contributed by atoms with Crippen LogP contribution in [0.2, 0.25) is 0 Å². The highest BCUT2D eigenvalue weighted by Gasteiger charge is 2.24. The van der Waals surface area contributed by atoms with Crippen LogP contribution in [-0.2, 0) is 0 Å². The van der Waals surface area contributed by atoms with Gasteiger partial charge < -0.3 is 9.80 Å². The maximum atomic E-state index is 12.3. The topological polar surface area (TPSA) is 50.5 Å². The van der Waals surface area contributed by atoms with Crippen LogP contribution >= 0.6 is 0 Å². The van der Waals surface area contributed by atoms with Gasteiger partial charge in [-0.3, -0.25) is 9.78 Å². The molecule has 23 heavy (non-hydrogen) atoms. The Morgan fingerprint density at radius 1 is 1.17 bits per heavy atom. The van der Waals surface area contributed by atoms with E-state index in [1.54, 1.807) is 12.4 Å². The van der Waals surface area contributed by atoms with E-state index in [1.165, 1.54) is 16.7 Å². The number of carbonyl (C=O) groups is 1. The van der Waals surface area contributed by atoms with Crippen LogP contribution in [0.3, 0.4) is 0 Å². The van der Waals surface area contributed by atoms with E-state index in [2.05, 4.69) is 34.3 Å². The fourth-order valence-electron chi connectivity index (χ4n) is 2.73. The number of hydrogen-bond acceptors (Lipinski definition) is 3. The third kappa shape index (κ3) is 4.23. The molecule has 3 rings (SSSR count). The highest BCUT2D eigenvalue weighted by atomic mass is 16.2. The van der Waals surface area contributed by atoms with Crippen LogP contribution in [0.25, 0.3) is 6.08 Å². The van der Waals surface area contributed by atoms with Crippen LogP contribution < -0.4 is 4.90 Å². The maximum absolute atomic E-state index is 12.3. The van der Waals surface area contributed by atoms with Crippen molar-refractivity contribution < 1.29 is 9.69 Å². The summed E-state index contributed by atoms with van der Waals surface area (Å²) in [7, 11) is 0. The molecule has 0 saturated carbocycles. The lowest BCUT2D eigenvalue weighted by atomic mass is 10.2. The summed E-state index contributed by atoms with van der Waals surface area (Å²) in [6, 6.07) is 10.3. The van der Waals surface area contributed by atoms with Gasteiger partial charge in [0.1, 0.15) is 5.69 Å². The minimum atomic E-state index is -0.0167. The molecule has 0 atom stereocenters. The number of hydrogen-bond donors (Lipinski definition) is 1. The molecule has 1 aliphatic rings. The fraction of sp³-hybridized carbons (Fsp3) is 0.278. The molecule has 1 fully saturated rings. The zero-order valence-electron chi connectivity index (χ0n) is 13.1. The first kappa shape index (κ1) is 15.4. The Balaban J connectivity index is 1.47. The van der Waals surface area contributed by atoms with E-state index in [0.29, 0.717) is 5.69 Å². The van der Waals surface area contributed by atoms with E-state index in [1.807, 2.05) is 23.1 Å². The van der Waals surface area contributed by atoms with E-state index in [0.717, 1.165) is 32.7 Å². The van der Waals surface area contributed by atoms with Crippen molar-refractivity contribution in [1.29, 1.82) is 0 Å². The quantitative estimate of drug-likeness (QED) is 0.896. The molecule has 1 aromatic carbocycles. The first-order chi connectivity index (χ1) is 11.3. The van der Waals surface area contributed by atoms with Gasteiger partial charge in [-0.15, -0.1) is 0 Å². The van der Waals surface area contributed by atoms with Gasteiger partial charge in [-0.1, -0.05) is 36.4 Å². The molecule has 0 radical (unpaired) electrons. The average molecular weight is 309 g/mol. The molecule has 1 aromatic heterocycles. The molecule has 0 aliphatic carbocycles. The molecule has 5 heteroatoms. The predicted molar refractivity (Wildman–Crippen MR) is 89.0 cm³/mol. The molecule has 5 nitrogen and oxygen atoms in total. The van der Waals surface area contributed by atoms with Gasteiger partial charge in [-0.2, -0.15) is 0 Å². The lowest BCUT2D eigenvalue weighted by molar-refractivity contribution is -0.898. The first-order valence-electron chi connectivity index (χ1n) is 7.93. The lowest BCUT2D eigenvalue weighted by Gasteiger charge is -2.31. The molecule has 1 saturated heterocycles. The number of benzene rings is 1. The van der Waals surface area contributed by atoms with Gasteiger partial charge in [0.05, 0.1) is 38.9 Å². The van der Waals surface area contributed by atoms with Crippen LogP contribution in [0.1, 0.15) is 16.1 Å². The van der Waals surface area contributed by atoms with Gasteiger partial charge in [0.25, 0.3) is 5.91 Å². The smallest absolute Gasteiger partial charge is 0.274 e. The van der Waals surface area contributed by atoms with E-state index < -0.39 is 0 Å². The molecule has 2 aromatic rings. The molecule has 1 amide bonds. The molecule has 0 spiro atoms. The van der Waals surface area contributed by atoms with Crippen LogP contribution in [0, 0.1) is 0 Å². The third-order valence-electron chi connectivity index (χ3n) is 4.06. The monoisotopic (exact) mass is 309 g/mol. The molecular weight excluding hydrogens is 288 g/mol. The third-order valence-corrected chi connectivity index (χ3v) is 4.06. The molecule has 0 unspecified atom stereocenters.